The van der Waals surface area contributed by atoms with Crippen molar-refractivity contribution in [2.24, 2.45) is 5.92 Å². The highest BCUT2D eigenvalue weighted by molar-refractivity contribution is 5.98. The number of hydrogen-bond acceptors (Lipinski definition) is 10. The van der Waals surface area contributed by atoms with Crippen LogP contribution >= 0.6 is 0 Å². The molecule has 11 heteroatoms. The number of aromatic nitrogens is 1. The van der Waals surface area contributed by atoms with Crippen LogP contribution in [0, 0.1) is 5.92 Å². The fourth-order valence-electron chi connectivity index (χ4n) is 6.00. The maximum absolute atomic E-state index is 13.5. The molecule has 0 radical (unpaired) electrons. The van der Waals surface area contributed by atoms with Crippen molar-refractivity contribution < 1.29 is 42.8 Å². The minimum absolute atomic E-state index is 0.0374. The molecule has 4 unspecified atom stereocenters. The number of nitrogens with zero attached hydrogens (tertiary/aromatic N) is 1. The van der Waals surface area contributed by atoms with E-state index in [9.17, 15) is 14.4 Å². The van der Waals surface area contributed by atoms with Crippen molar-refractivity contribution in [3.8, 4) is 11.5 Å². The third-order valence-corrected chi connectivity index (χ3v) is 8.22. The maximum atomic E-state index is 13.5. The van der Waals surface area contributed by atoms with Gasteiger partial charge in [0.1, 0.15) is 6.10 Å². The minimum atomic E-state index is -1.13. The number of carbonyl (C=O) groups excluding carboxylic acids is 3. The van der Waals surface area contributed by atoms with Crippen LogP contribution in [0.5, 0.6) is 11.5 Å². The van der Waals surface area contributed by atoms with Crippen LogP contribution in [0.2, 0.25) is 0 Å². The van der Waals surface area contributed by atoms with Gasteiger partial charge in [-0.15, -0.1) is 0 Å². The molecule has 1 aliphatic heterocycles. The second-order valence-corrected chi connectivity index (χ2v) is 11.4. The molecule has 1 amide bonds. The molecule has 11 nitrogen and oxygen atoms in total. The number of hydrogen-bond donors (Lipinski definition) is 1. The van der Waals surface area contributed by atoms with E-state index < -0.39 is 42.9 Å². The molecule has 2 heterocycles. The van der Waals surface area contributed by atoms with Crippen LogP contribution in [0.15, 0.2) is 54.7 Å². The Balaban J connectivity index is 1.36. The predicted octanol–water partition coefficient (Wildman–Crippen LogP) is 4.39. The second kappa shape index (κ2) is 15.2. The van der Waals surface area contributed by atoms with Crippen molar-refractivity contribution >= 4 is 28.6 Å². The normalized spacial score (nSPS) is 22.5. The number of fused-ring (bicyclic) bond motifs is 1. The van der Waals surface area contributed by atoms with Crippen molar-refractivity contribution in [3.63, 3.8) is 0 Å². The first kappa shape index (κ1) is 32.2. The predicted molar refractivity (Wildman–Crippen MR) is 164 cm³/mol. The Kier molecular flexibility index (Phi) is 10.9. The van der Waals surface area contributed by atoms with Gasteiger partial charge in [0.25, 0.3) is 5.91 Å². The van der Waals surface area contributed by atoms with Crippen molar-refractivity contribution in [2.45, 2.75) is 70.3 Å². The first-order valence-electron chi connectivity index (χ1n) is 15.3. The molecule has 45 heavy (non-hydrogen) atoms. The Morgan fingerprint density at radius 2 is 1.82 bits per heavy atom. The summed E-state index contributed by atoms with van der Waals surface area (Å²) in [5.74, 6) is -1.87. The van der Waals surface area contributed by atoms with Crippen LogP contribution in [-0.4, -0.2) is 74.3 Å². The maximum Gasteiger partial charge on any atom is 0.331 e. The summed E-state index contributed by atoms with van der Waals surface area (Å²) in [4.78, 5) is 42.3. The SMILES string of the molecule is COc1ccnc(C(=O)NC2COCC(Cc3cccc4ccccc34)C(OC3CCCC3)C(C)OC2=O)c1OCOC(C)=O. The molecule has 1 N–H and O–H groups in total. The summed E-state index contributed by atoms with van der Waals surface area (Å²) in [5.41, 5.74) is 1.01. The van der Waals surface area contributed by atoms with Crippen LogP contribution in [0.4, 0.5) is 0 Å². The topological polar surface area (TPSA) is 132 Å². The largest absolute Gasteiger partial charge is 0.493 e. The number of carbonyl (C=O) groups is 3. The third kappa shape index (κ3) is 8.09. The summed E-state index contributed by atoms with van der Waals surface area (Å²) in [5, 5.41) is 4.99. The van der Waals surface area contributed by atoms with E-state index >= 15 is 0 Å². The van der Waals surface area contributed by atoms with Gasteiger partial charge in [-0.1, -0.05) is 55.3 Å². The lowest BCUT2D eigenvalue weighted by molar-refractivity contribution is -0.164. The third-order valence-electron chi connectivity index (χ3n) is 8.22. The van der Waals surface area contributed by atoms with Gasteiger partial charge in [0.05, 0.1) is 32.5 Å². The van der Waals surface area contributed by atoms with Gasteiger partial charge in [0.2, 0.25) is 6.79 Å². The van der Waals surface area contributed by atoms with E-state index in [4.69, 9.17) is 28.4 Å². The highest BCUT2D eigenvalue weighted by atomic mass is 16.7. The molecular weight excluding hydrogens is 580 g/mol. The zero-order valence-corrected chi connectivity index (χ0v) is 25.9. The van der Waals surface area contributed by atoms with E-state index in [1.165, 1.54) is 26.3 Å². The van der Waals surface area contributed by atoms with E-state index in [0.29, 0.717) is 13.0 Å². The molecule has 1 saturated heterocycles. The Morgan fingerprint density at radius 3 is 2.60 bits per heavy atom. The number of methoxy groups -OCH3 is 1. The van der Waals surface area contributed by atoms with E-state index in [1.54, 1.807) is 0 Å². The molecule has 4 atom stereocenters. The molecule has 0 bridgehead atoms. The number of esters is 2. The van der Waals surface area contributed by atoms with Gasteiger partial charge < -0.3 is 33.7 Å². The Morgan fingerprint density at radius 1 is 1.04 bits per heavy atom. The summed E-state index contributed by atoms with van der Waals surface area (Å²) >= 11 is 0. The molecule has 3 aromatic rings. The highest BCUT2D eigenvalue weighted by Gasteiger charge is 2.38. The van der Waals surface area contributed by atoms with E-state index in [1.807, 2.05) is 25.1 Å². The van der Waals surface area contributed by atoms with Gasteiger partial charge in [0, 0.05) is 25.1 Å². The number of amides is 1. The van der Waals surface area contributed by atoms with Crippen molar-refractivity contribution in [2.75, 3.05) is 27.1 Å². The second-order valence-electron chi connectivity index (χ2n) is 11.4. The Hall–Kier alpha value is -4.22. The summed E-state index contributed by atoms with van der Waals surface area (Å²) in [7, 11) is 1.40. The highest BCUT2D eigenvalue weighted by Crippen LogP contribution is 2.32. The molecule has 2 fully saturated rings. The number of ether oxygens (including phenoxy) is 6. The molecule has 5 rings (SSSR count). The van der Waals surface area contributed by atoms with Crippen LogP contribution < -0.4 is 14.8 Å². The van der Waals surface area contributed by atoms with Gasteiger partial charge in [0.15, 0.2) is 23.2 Å². The van der Waals surface area contributed by atoms with Gasteiger partial charge in [-0.25, -0.2) is 9.78 Å². The van der Waals surface area contributed by atoms with E-state index in [2.05, 4.69) is 34.6 Å². The van der Waals surface area contributed by atoms with Crippen LogP contribution in [0.1, 0.15) is 55.6 Å². The Bertz CT molecular complexity index is 1480. The zero-order valence-electron chi connectivity index (χ0n) is 25.9. The number of benzene rings is 2. The van der Waals surface area contributed by atoms with Crippen LogP contribution in [0.25, 0.3) is 10.8 Å². The molecule has 240 valence electrons. The summed E-state index contributed by atoms with van der Waals surface area (Å²) < 4.78 is 34.5. The monoisotopic (exact) mass is 620 g/mol. The molecule has 1 aromatic heterocycles. The summed E-state index contributed by atoms with van der Waals surface area (Å²) in [6.45, 7) is 2.79. The molecule has 2 aliphatic rings. The first-order chi connectivity index (χ1) is 21.8. The van der Waals surface area contributed by atoms with Crippen molar-refractivity contribution in [1.82, 2.24) is 10.3 Å². The summed E-state index contributed by atoms with van der Waals surface area (Å²) in [6.07, 6.45) is 5.25. The van der Waals surface area contributed by atoms with Crippen molar-refractivity contribution in [3.05, 3.63) is 66.0 Å². The minimum Gasteiger partial charge on any atom is -0.493 e. The lowest BCUT2D eigenvalue weighted by atomic mass is 9.89. The Labute approximate surface area is 262 Å². The van der Waals surface area contributed by atoms with E-state index in [-0.39, 0.29) is 35.8 Å². The average molecular weight is 621 g/mol. The number of pyridine rings is 1. The number of cyclic esters (lactones) is 1. The molecule has 0 spiro atoms. The molecule has 2 aromatic carbocycles. The fourth-order valence-corrected chi connectivity index (χ4v) is 6.00. The first-order valence-corrected chi connectivity index (χ1v) is 15.3. The summed E-state index contributed by atoms with van der Waals surface area (Å²) in [6, 6.07) is 14.9. The number of nitrogens with one attached hydrogen (secondary N) is 1. The lowest BCUT2D eigenvalue weighted by Crippen LogP contribution is -2.47. The molecule has 1 saturated carbocycles. The number of rotatable bonds is 10. The van der Waals surface area contributed by atoms with Gasteiger partial charge >= 0.3 is 11.9 Å². The molecular formula is C34H40N2O9. The van der Waals surface area contributed by atoms with Crippen LogP contribution in [0.3, 0.4) is 0 Å². The fraction of sp³-hybridized carbons (Fsp3) is 0.471. The van der Waals surface area contributed by atoms with Gasteiger partial charge in [-0.05, 0) is 42.5 Å². The zero-order chi connectivity index (χ0) is 31.8. The van der Waals surface area contributed by atoms with Gasteiger partial charge in [-0.3, -0.25) is 9.59 Å². The quantitative estimate of drug-likeness (QED) is 0.257. The average Bonchev–Trinajstić information content (AvgIpc) is 3.56. The molecule has 1 aliphatic carbocycles. The smallest absolute Gasteiger partial charge is 0.331 e. The lowest BCUT2D eigenvalue weighted by Gasteiger charge is -2.33. The standard InChI is InChI=1S/C34H40N2O9/c1-21-31(45-26-12-5-6-13-26)25(17-24-11-8-10-23-9-4-7-14-27(23)24)18-41-19-28(34(39)44-21)36-33(38)30-32(43-20-42-22(2)37)29(40-3)15-16-35-30/h4,7-11,14-16,21,25-26,28,31H,5-6,12-13,17-20H2,1-3H3,(H,36,38). The van der Waals surface area contributed by atoms with Crippen LogP contribution in [-0.2, 0) is 35.0 Å². The van der Waals surface area contributed by atoms with Gasteiger partial charge in [-0.2, -0.15) is 0 Å². The van der Waals surface area contributed by atoms with Crippen molar-refractivity contribution in [1.29, 1.82) is 0 Å². The van der Waals surface area contributed by atoms with E-state index in [0.717, 1.165) is 42.0 Å².